The topological polar surface area (TPSA) is 69.6 Å². The van der Waals surface area contributed by atoms with Gasteiger partial charge in [-0.05, 0) is 70.6 Å². The van der Waals surface area contributed by atoms with Gasteiger partial charge in [-0.1, -0.05) is 169 Å². The van der Waals surface area contributed by atoms with Crippen molar-refractivity contribution in [3.05, 3.63) is 97.2 Å². The molecule has 0 spiro atoms. The average Bonchev–Trinajstić information content (AvgIpc) is 3.07. The van der Waals surface area contributed by atoms with Crippen LogP contribution >= 0.6 is 0 Å². The largest absolute Gasteiger partial charge is 0.394 e. The quantitative estimate of drug-likeness (QED) is 0.0502. The fraction of sp³-hybridized carbons (Fsp3) is 0.605. The van der Waals surface area contributed by atoms with Crippen LogP contribution in [0.5, 0.6) is 0 Å². The first-order valence-corrected chi connectivity index (χ1v) is 19.0. The lowest BCUT2D eigenvalue weighted by atomic mass is 10.1. The fourth-order valence-electron chi connectivity index (χ4n) is 4.93. The van der Waals surface area contributed by atoms with Crippen LogP contribution in [0.3, 0.4) is 0 Å². The second-order valence-electron chi connectivity index (χ2n) is 12.3. The summed E-state index contributed by atoms with van der Waals surface area (Å²) in [6, 6.07) is -0.657. The number of aliphatic hydroxyl groups excluding tert-OH is 2. The third-order valence-electron chi connectivity index (χ3n) is 7.82. The van der Waals surface area contributed by atoms with Crippen LogP contribution in [0.2, 0.25) is 0 Å². The fourth-order valence-corrected chi connectivity index (χ4v) is 4.93. The number of unbranched alkanes of at least 4 members (excludes halogenated alkanes) is 11. The minimum absolute atomic E-state index is 0.128. The second-order valence-corrected chi connectivity index (χ2v) is 12.3. The van der Waals surface area contributed by atoms with Gasteiger partial charge in [0.25, 0.3) is 0 Å². The summed E-state index contributed by atoms with van der Waals surface area (Å²) in [6.45, 7) is 4.13. The molecule has 4 nitrogen and oxygen atoms in total. The van der Waals surface area contributed by atoms with E-state index in [0.29, 0.717) is 6.42 Å². The molecule has 0 radical (unpaired) electrons. The Labute approximate surface area is 290 Å². The molecule has 0 aromatic carbocycles. The summed E-state index contributed by atoms with van der Waals surface area (Å²) >= 11 is 0. The van der Waals surface area contributed by atoms with Gasteiger partial charge in [0, 0.05) is 6.42 Å². The Morgan fingerprint density at radius 3 is 1.38 bits per heavy atom. The predicted octanol–water partition coefficient (Wildman–Crippen LogP) is 11.5. The number of rotatable bonds is 32. The molecule has 0 saturated carbocycles. The molecule has 47 heavy (non-hydrogen) atoms. The Bertz CT molecular complexity index is 921. The van der Waals surface area contributed by atoms with Gasteiger partial charge in [-0.15, -0.1) is 0 Å². The summed E-state index contributed by atoms with van der Waals surface area (Å²) in [4.78, 5) is 12.3. The molecule has 2 atom stereocenters. The number of carbonyl (C=O) groups excluding carboxylic acids is 1. The Morgan fingerprint density at radius 1 is 0.532 bits per heavy atom. The van der Waals surface area contributed by atoms with Crippen LogP contribution < -0.4 is 5.32 Å². The van der Waals surface area contributed by atoms with Crippen LogP contribution in [0, 0.1) is 0 Å². The molecule has 1 amide bonds. The molecule has 0 bridgehead atoms. The monoisotopic (exact) mass is 650 g/mol. The van der Waals surface area contributed by atoms with Gasteiger partial charge in [0.05, 0.1) is 18.8 Å². The number of aliphatic hydroxyl groups is 2. The summed E-state index contributed by atoms with van der Waals surface area (Å²) in [7, 11) is 0. The van der Waals surface area contributed by atoms with Crippen LogP contribution in [-0.4, -0.2) is 34.9 Å². The first kappa shape index (κ1) is 44.3. The maximum atomic E-state index is 12.3. The molecule has 0 aliphatic heterocycles. The van der Waals surface area contributed by atoms with Crippen LogP contribution in [-0.2, 0) is 4.79 Å². The summed E-state index contributed by atoms with van der Waals surface area (Å²) in [5.74, 6) is -0.128. The zero-order valence-corrected chi connectivity index (χ0v) is 30.3. The molecule has 3 N–H and O–H groups in total. The molecule has 0 aromatic heterocycles. The standard InChI is InChI=1S/C43H71NO3/c1-3-5-7-9-11-13-15-17-18-19-20-21-22-23-24-25-26-27-29-31-33-35-37-39-43(47)44-41(40-45)42(46)38-36-34-32-30-28-16-14-12-10-8-6-4-2/h5,7,11,13,17-18,20-21,23-24,26-27,31,33,36,38,41-42,45-46H,3-4,6,8-10,12,14-16,19,22,25,28-30,32,34-35,37,39-40H2,1-2H3,(H,44,47)/b7-5-,13-11-,18-17-,21-20-,24-23-,27-26-,33-31-,38-36+. The number of allylic oxidation sites excluding steroid dienone is 15. The van der Waals surface area contributed by atoms with E-state index in [0.717, 1.165) is 70.6 Å². The highest BCUT2D eigenvalue weighted by Gasteiger charge is 2.17. The van der Waals surface area contributed by atoms with Gasteiger partial charge < -0.3 is 15.5 Å². The third kappa shape index (κ3) is 34.5. The van der Waals surface area contributed by atoms with E-state index < -0.39 is 12.1 Å². The number of carbonyl (C=O) groups is 1. The molecule has 0 aromatic rings. The smallest absolute Gasteiger partial charge is 0.220 e. The molecular weight excluding hydrogens is 578 g/mol. The van der Waals surface area contributed by atoms with Gasteiger partial charge in [-0.25, -0.2) is 0 Å². The van der Waals surface area contributed by atoms with Gasteiger partial charge >= 0.3 is 0 Å². The maximum Gasteiger partial charge on any atom is 0.220 e. The van der Waals surface area contributed by atoms with Gasteiger partial charge in [0.1, 0.15) is 0 Å². The van der Waals surface area contributed by atoms with Gasteiger partial charge in [0.15, 0.2) is 0 Å². The van der Waals surface area contributed by atoms with Crippen LogP contribution in [0.25, 0.3) is 0 Å². The van der Waals surface area contributed by atoms with Gasteiger partial charge in [0.2, 0.25) is 5.91 Å². The minimum atomic E-state index is -0.867. The minimum Gasteiger partial charge on any atom is -0.394 e. The summed E-state index contributed by atoms with van der Waals surface area (Å²) < 4.78 is 0. The van der Waals surface area contributed by atoms with Crippen molar-refractivity contribution < 1.29 is 15.0 Å². The van der Waals surface area contributed by atoms with E-state index in [1.807, 2.05) is 6.08 Å². The van der Waals surface area contributed by atoms with Crippen molar-refractivity contribution in [2.24, 2.45) is 0 Å². The van der Waals surface area contributed by atoms with Crippen molar-refractivity contribution in [2.45, 2.75) is 161 Å². The van der Waals surface area contributed by atoms with Crippen molar-refractivity contribution in [1.82, 2.24) is 5.32 Å². The van der Waals surface area contributed by atoms with E-state index >= 15 is 0 Å². The second kappa shape index (κ2) is 37.8. The first-order valence-electron chi connectivity index (χ1n) is 19.0. The summed E-state index contributed by atoms with van der Waals surface area (Å²) in [5.41, 5.74) is 0. The van der Waals surface area contributed by atoms with Crippen LogP contribution in [0.4, 0.5) is 0 Å². The average molecular weight is 650 g/mol. The van der Waals surface area contributed by atoms with Gasteiger partial charge in [-0.3, -0.25) is 4.79 Å². The first-order chi connectivity index (χ1) is 23.2. The predicted molar refractivity (Wildman–Crippen MR) is 206 cm³/mol. The van der Waals surface area contributed by atoms with E-state index in [9.17, 15) is 15.0 Å². The van der Waals surface area contributed by atoms with Crippen LogP contribution in [0.15, 0.2) is 97.2 Å². The molecule has 266 valence electrons. The highest BCUT2D eigenvalue weighted by Crippen LogP contribution is 2.12. The molecule has 0 aliphatic rings. The SMILES string of the molecule is CC/C=C\C/C=C\C/C=C\C/C=C\C/C=C\C/C=C\C/C=C\CCCC(=O)NC(CO)C(O)/C=C/CCCCCCCCCCCC. The van der Waals surface area contributed by atoms with E-state index in [1.54, 1.807) is 6.08 Å². The number of amides is 1. The zero-order chi connectivity index (χ0) is 34.3. The molecule has 0 saturated heterocycles. The normalized spacial score (nSPS) is 14.2. The lowest BCUT2D eigenvalue weighted by molar-refractivity contribution is -0.122. The summed E-state index contributed by atoms with van der Waals surface area (Å²) in [6.07, 6.45) is 56.4. The number of nitrogens with one attached hydrogen (secondary N) is 1. The Morgan fingerprint density at radius 2 is 0.936 bits per heavy atom. The number of hydrogen-bond acceptors (Lipinski definition) is 3. The molecule has 4 heteroatoms. The van der Waals surface area contributed by atoms with Crippen molar-refractivity contribution in [1.29, 1.82) is 0 Å². The third-order valence-corrected chi connectivity index (χ3v) is 7.82. The van der Waals surface area contributed by atoms with E-state index in [4.69, 9.17) is 0 Å². The molecule has 0 heterocycles. The Balaban J connectivity index is 3.81. The van der Waals surface area contributed by atoms with Crippen LogP contribution in [0.1, 0.15) is 149 Å². The Kier molecular flexibility index (Phi) is 35.6. The molecule has 0 fully saturated rings. The van der Waals surface area contributed by atoms with E-state index in [1.165, 1.54) is 57.8 Å². The van der Waals surface area contributed by atoms with E-state index in [-0.39, 0.29) is 12.5 Å². The lowest BCUT2D eigenvalue weighted by Crippen LogP contribution is -2.45. The summed E-state index contributed by atoms with van der Waals surface area (Å²) in [5, 5.41) is 22.8. The molecule has 2 unspecified atom stereocenters. The molecule has 0 rings (SSSR count). The van der Waals surface area contributed by atoms with Crippen molar-refractivity contribution in [2.75, 3.05) is 6.61 Å². The van der Waals surface area contributed by atoms with Gasteiger partial charge in [-0.2, -0.15) is 0 Å². The highest BCUT2D eigenvalue weighted by molar-refractivity contribution is 5.76. The maximum absolute atomic E-state index is 12.3. The number of hydrogen-bond donors (Lipinski definition) is 3. The van der Waals surface area contributed by atoms with Crippen molar-refractivity contribution in [3.63, 3.8) is 0 Å². The highest BCUT2D eigenvalue weighted by atomic mass is 16.3. The van der Waals surface area contributed by atoms with E-state index in [2.05, 4.69) is 104 Å². The zero-order valence-electron chi connectivity index (χ0n) is 30.3. The Hall–Kier alpha value is -2.69. The lowest BCUT2D eigenvalue weighted by Gasteiger charge is -2.19. The molecule has 0 aliphatic carbocycles. The van der Waals surface area contributed by atoms with Crippen molar-refractivity contribution in [3.8, 4) is 0 Å². The van der Waals surface area contributed by atoms with Crippen molar-refractivity contribution >= 4 is 5.91 Å². The molecular formula is C43H71NO3.